The van der Waals surface area contributed by atoms with Crippen molar-refractivity contribution in [3.63, 3.8) is 0 Å². The van der Waals surface area contributed by atoms with Crippen LogP contribution < -0.4 is 14.2 Å². The Bertz CT molecular complexity index is 1160. The summed E-state index contributed by atoms with van der Waals surface area (Å²) in [5.41, 5.74) is 0.769. The van der Waals surface area contributed by atoms with Crippen LogP contribution in [-0.2, 0) is 0 Å². The van der Waals surface area contributed by atoms with Crippen molar-refractivity contribution < 1.29 is 14.2 Å². The summed E-state index contributed by atoms with van der Waals surface area (Å²) >= 11 is 7.18. The number of aromatic nitrogens is 1. The number of methoxy groups -OCH3 is 2. The van der Waals surface area contributed by atoms with Gasteiger partial charge in [0.25, 0.3) is 0 Å². The van der Waals surface area contributed by atoms with Gasteiger partial charge < -0.3 is 14.2 Å². The number of hydrogen-bond acceptors (Lipinski definition) is 4. The first-order valence-electron chi connectivity index (χ1n) is 8.17. The Hall–Kier alpha value is -2.31. The highest BCUT2D eigenvalue weighted by Crippen LogP contribution is 2.40. The van der Waals surface area contributed by atoms with E-state index in [0.717, 1.165) is 36.4 Å². The molecule has 0 aliphatic heterocycles. The van der Waals surface area contributed by atoms with E-state index in [1.165, 1.54) is 0 Å². The molecule has 0 radical (unpaired) electrons. The molecule has 0 amide bonds. The van der Waals surface area contributed by atoms with Gasteiger partial charge in [-0.1, -0.05) is 28.1 Å². The van der Waals surface area contributed by atoms with Crippen LogP contribution in [0.2, 0.25) is 0 Å². The van der Waals surface area contributed by atoms with Gasteiger partial charge in [-0.05, 0) is 57.0 Å². The molecule has 1 aromatic heterocycles. The lowest BCUT2D eigenvalue weighted by molar-refractivity contribution is 0.355. The Balaban J connectivity index is 1.83. The largest absolute Gasteiger partial charge is 0.493 e. The van der Waals surface area contributed by atoms with Gasteiger partial charge in [0.2, 0.25) is 0 Å². The van der Waals surface area contributed by atoms with Crippen LogP contribution in [0.4, 0.5) is 0 Å². The van der Waals surface area contributed by atoms with Crippen LogP contribution in [0.3, 0.4) is 0 Å². The summed E-state index contributed by atoms with van der Waals surface area (Å²) in [6, 6.07) is 15.7. The van der Waals surface area contributed by atoms with E-state index in [0.29, 0.717) is 17.2 Å². The highest BCUT2D eigenvalue weighted by atomic mass is 79.9. The summed E-state index contributed by atoms with van der Waals surface area (Å²) in [4.78, 5) is 4.42. The second kappa shape index (κ2) is 7.37. The van der Waals surface area contributed by atoms with Crippen molar-refractivity contribution >= 4 is 53.5 Å². The monoisotopic (exact) mass is 487 g/mol. The molecule has 0 atom stereocenters. The topological polar surface area (TPSA) is 40.6 Å². The second-order valence-electron chi connectivity index (χ2n) is 5.88. The van der Waals surface area contributed by atoms with Gasteiger partial charge in [-0.25, -0.2) is 0 Å². The lowest BCUT2D eigenvalue weighted by Crippen LogP contribution is -1.93. The molecule has 136 valence electrons. The molecule has 0 aliphatic carbocycles. The summed E-state index contributed by atoms with van der Waals surface area (Å²) in [5.74, 6) is 2.68. The van der Waals surface area contributed by atoms with Gasteiger partial charge in [-0.2, -0.15) is 0 Å². The number of hydrogen-bond donors (Lipinski definition) is 0. The summed E-state index contributed by atoms with van der Waals surface area (Å²) in [6.07, 6.45) is 1.72. The zero-order valence-corrected chi connectivity index (χ0v) is 17.8. The van der Waals surface area contributed by atoms with Crippen molar-refractivity contribution in [1.29, 1.82) is 0 Å². The molecule has 0 saturated carbocycles. The van der Waals surface area contributed by atoms with E-state index in [1.54, 1.807) is 20.4 Å². The van der Waals surface area contributed by atoms with E-state index in [2.05, 4.69) is 49.0 Å². The average molecular weight is 489 g/mol. The number of rotatable bonds is 4. The Morgan fingerprint density at radius 2 is 1.52 bits per heavy atom. The molecular weight excluding hydrogens is 474 g/mol. The third kappa shape index (κ3) is 3.35. The SMILES string of the molecule is COc1cc2nccc(Oc3ccc4cc(Br)ccc4c3Br)c2cc1OC. The number of halogens is 2. The van der Waals surface area contributed by atoms with E-state index in [1.807, 2.05) is 36.4 Å². The van der Waals surface area contributed by atoms with Gasteiger partial charge in [-0.3, -0.25) is 4.98 Å². The minimum Gasteiger partial charge on any atom is -0.493 e. The predicted molar refractivity (Wildman–Crippen MR) is 114 cm³/mol. The number of ether oxygens (including phenoxy) is 3. The van der Waals surface area contributed by atoms with E-state index in [4.69, 9.17) is 14.2 Å². The average Bonchev–Trinajstić information content (AvgIpc) is 2.69. The van der Waals surface area contributed by atoms with Crippen LogP contribution in [0, 0.1) is 0 Å². The molecule has 0 bridgehead atoms. The van der Waals surface area contributed by atoms with Gasteiger partial charge in [0.1, 0.15) is 11.5 Å². The van der Waals surface area contributed by atoms with Crippen LogP contribution in [0.25, 0.3) is 21.7 Å². The highest BCUT2D eigenvalue weighted by Gasteiger charge is 2.13. The molecule has 4 aromatic rings. The number of pyridine rings is 1. The standard InChI is InChI=1S/C21H15Br2NO3/c1-25-19-10-15-16(11-20(19)26-2)24-8-7-17(15)27-18-6-3-12-9-13(22)4-5-14(12)21(18)23/h3-11H,1-2H3. The van der Waals surface area contributed by atoms with Gasteiger partial charge >= 0.3 is 0 Å². The summed E-state index contributed by atoms with van der Waals surface area (Å²) in [6.45, 7) is 0. The molecule has 0 aliphatic rings. The predicted octanol–water partition coefficient (Wildman–Crippen LogP) is 6.72. The lowest BCUT2D eigenvalue weighted by atomic mass is 10.1. The third-order valence-electron chi connectivity index (χ3n) is 4.31. The molecule has 6 heteroatoms. The molecule has 0 N–H and O–H groups in total. The minimum absolute atomic E-state index is 0.630. The first-order chi connectivity index (χ1) is 13.1. The molecular formula is C21H15Br2NO3. The first kappa shape index (κ1) is 18.1. The maximum Gasteiger partial charge on any atom is 0.162 e. The molecule has 0 unspecified atom stereocenters. The van der Waals surface area contributed by atoms with Gasteiger partial charge in [-0.15, -0.1) is 0 Å². The van der Waals surface area contributed by atoms with E-state index in [9.17, 15) is 0 Å². The van der Waals surface area contributed by atoms with Crippen LogP contribution in [-0.4, -0.2) is 19.2 Å². The normalized spacial score (nSPS) is 11.0. The summed E-state index contributed by atoms with van der Waals surface area (Å²) in [7, 11) is 3.22. The number of fused-ring (bicyclic) bond motifs is 2. The highest BCUT2D eigenvalue weighted by molar-refractivity contribution is 9.11. The Kier molecular flexibility index (Phi) is 4.93. The van der Waals surface area contributed by atoms with E-state index < -0.39 is 0 Å². The molecule has 0 fully saturated rings. The van der Waals surface area contributed by atoms with Gasteiger partial charge in [0.15, 0.2) is 11.5 Å². The molecule has 0 saturated heterocycles. The van der Waals surface area contributed by atoms with Crippen molar-refractivity contribution in [2.75, 3.05) is 14.2 Å². The second-order valence-corrected chi connectivity index (χ2v) is 7.59. The summed E-state index contributed by atoms with van der Waals surface area (Å²) in [5, 5.41) is 3.04. The molecule has 4 nitrogen and oxygen atoms in total. The quantitative estimate of drug-likeness (QED) is 0.319. The maximum absolute atomic E-state index is 6.24. The fourth-order valence-electron chi connectivity index (χ4n) is 2.98. The molecule has 27 heavy (non-hydrogen) atoms. The van der Waals surface area contributed by atoms with Gasteiger partial charge in [0.05, 0.1) is 24.2 Å². The number of benzene rings is 3. The van der Waals surface area contributed by atoms with E-state index in [-0.39, 0.29) is 0 Å². The molecule has 1 heterocycles. The van der Waals surface area contributed by atoms with Crippen molar-refractivity contribution in [2.45, 2.75) is 0 Å². The maximum atomic E-state index is 6.24. The van der Waals surface area contributed by atoms with Gasteiger partial charge in [0, 0.05) is 22.1 Å². The van der Waals surface area contributed by atoms with Crippen molar-refractivity contribution in [3.05, 3.63) is 63.7 Å². The molecule has 0 spiro atoms. The fraction of sp³-hybridized carbons (Fsp3) is 0.0952. The summed E-state index contributed by atoms with van der Waals surface area (Å²) < 4.78 is 19.0. The Labute approximate surface area is 173 Å². The fourth-order valence-corrected chi connectivity index (χ4v) is 3.93. The number of nitrogens with zero attached hydrogens (tertiary/aromatic N) is 1. The molecule has 4 rings (SSSR count). The third-order valence-corrected chi connectivity index (χ3v) is 5.62. The smallest absolute Gasteiger partial charge is 0.162 e. The van der Waals surface area contributed by atoms with E-state index >= 15 is 0 Å². The van der Waals surface area contributed by atoms with Crippen LogP contribution in [0.15, 0.2) is 63.7 Å². The van der Waals surface area contributed by atoms with Crippen LogP contribution >= 0.6 is 31.9 Å². The lowest BCUT2D eigenvalue weighted by Gasteiger charge is -2.14. The minimum atomic E-state index is 0.630. The Morgan fingerprint density at radius 3 is 2.30 bits per heavy atom. The first-order valence-corrected chi connectivity index (χ1v) is 9.75. The van der Waals surface area contributed by atoms with Crippen molar-refractivity contribution in [2.24, 2.45) is 0 Å². The zero-order valence-electron chi connectivity index (χ0n) is 14.6. The zero-order chi connectivity index (χ0) is 19.0. The van der Waals surface area contributed by atoms with Crippen molar-refractivity contribution in [3.8, 4) is 23.0 Å². The van der Waals surface area contributed by atoms with Crippen molar-refractivity contribution in [1.82, 2.24) is 4.98 Å². The Morgan fingerprint density at radius 1 is 0.741 bits per heavy atom. The van der Waals surface area contributed by atoms with Crippen LogP contribution in [0.1, 0.15) is 0 Å². The molecule has 3 aromatic carbocycles. The van der Waals surface area contributed by atoms with Crippen LogP contribution in [0.5, 0.6) is 23.0 Å².